The Kier molecular flexibility index (Phi) is 8.69. The van der Waals surface area contributed by atoms with Gasteiger partial charge in [-0.3, -0.25) is 9.80 Å². The van der Waals surface area contributed by atoms with Crippen molar-refractivity contribution in [2.75, 3.05) is 65.7 Å². The Morgan fingerprint density at radius 1 is 0.720 bits per heavy atom. The second-order valence-corrected chi connectivity index (χ2v) is 9.47. The molecule has 0 spiro atoms. The minimum Gasteiger partial charge on any atom is -0.379 e. The molecule has 4 nitrogen and oxygen atoms in total. The SMILES string of the molecule is Brc1c(CCCN2CCOCC2)sc(CCCN2CCOCC2)c1Br. The van der Waals surface area contributed by atoms with Crippen LogP contribution in [0.25, 0.3) is 0 Å². The molecule has 3 heterocycles. The molecule has 0 radical (unpaired) electrons. The summed E-state index contributed by atoms with van der Waals surface area (Å²) in [4.78, 5) is 8.01. The van der Waals surface area contributed by atoms with Gasteiger partial charge in [-0.15, -0.1) is 11.3 Å². The molecule has 3 rings (SSSR count). The van der Waals surface area contributed by atoms with Crippen molar-refractivity contribution in [3.05, 3.63) is 18.7 Å². The van der Waals surface area contributed by atoms with Crippen molar-refractivity contribution >= 4 is 43.2 Å². The molecule has 25 heavy (non-hydrogen) atoms. The lowest BCUT2D eigenvalue weighted by Gasteiger charge is -2.26. The van der Waals surface area contributed by atoms with Crippen molar-refractivity contribution in [2.45, 2.75) is 25.7 Å². The summed E-state index contributed by atoms with van der Waals surface area (Å²) in [5.74, 6) is 0. The average molecular weight is 496 g/mol. The molecule has 0 N–H and O–H groups in total. The molecule has 2 aliphatic heterocycles. The van der Waals surface area contributed by atoms with E-state index in [-0.39, 0.29) is 0 Å². The molecule has 1 aromatic heterocycles. The Bertz CT molecular complexity index is 485. The summed E-state index contributed by atoms with van der Waals surface area (Å²) in [6.07, 6.45) is 4.76. The van der Waals surface area contributed by atoms with Gasteiger partial charge in [-0.2, -0.15) is 0 Å². The zero-order chi connectivity index (χ0) is 17.5. The fourth-order valence-electron chi connectivity index (χ4n) is 3.38. The van der Waals surface area contributed by atoms with Crippen LogP contribution in [0.15, 0.2) is 8.95 Å². The van der Waals surface area contributed by atoms with E-state index in [2.05, 4.69) is 41.7 Å². The summed E-state index contributed by atoms with van der Waals surface area (Å²) in [5.41, 5.74) is 0. The van der Waals surface area contributed by atoms with Crippen molar-refractivity contribution in [2.24, 2.45) is 0 Å². The fraction of sp³-hybridized carbons (Fsp3) is 0.778. The number of hydrogen-bond acceptors (Lipinski definition) is 5. The monoisotopic (exact) mass is 494 g/mol. The van der Waals surface area contributed by atoms with Gasteiger partial charge in [0.05, 0.1) is 26.4 Å². The Morgan fingerprint density at radius 2 is 1.12 bits per heavy atom. The molecule has 2 aliphatic rings. The second-order valence-electron chi connectivity index (χ2n) is 6.69. The van der Waals surface area contributed by atoms with Gasteiger partial charge in [-0.05, 0) is 70.6 Å². The van der Waals surface area contributed by atoms with Crippen LogP contribution in [0, 0.1) is 0 Å². The first-order chi connectivity index (χ1) is 12.2. The highest BCUT2D eigenvalue weighted by atomic mass is 79.9. The number of aryl methyl sites for hydroxylation is 2. The lowest BCUT2D eigenvalue weighted by Crippen LogP contribution is -2.36. The first kappa shape index (κ1) is 20.2. The number of morpholine rings is 2. The van der Waals surface area contributed by atoms with Gasteiger partial charge in [0.15, 0.2) is 0 Å². The smallest absolute Gasteiger partial charge is 0.0594 e. The minimum absolute atomic E-state index is 0.890. The van der Waals surface area contributed by atoms with Crippen LogP contribution >= 0.6 is 43.2 Å². The maximum Gasteiger partial charge on any atom is 0.0594 e. The van der Waals surface area contributed by atoms with E-state index < -0.39 is 0 Å². The molecule has 2 fully saturated rings. The van der Waals surface area contributed by atoms with E-state index >= 15 is 0 Å². The van der Waals surface area contributed by atoms with Gasteiger partial charge in [0.25, 0.3) is 0 Å². The van der Waals surface area contributed by atoms with Gasteiger partial charge in [-0.1, -0.05) is 0 Å². The maximum atomic E-state index is 5.42. The molecule has 0 unspecified atom stereocenters. The van der Waals surface area contributed by atoms with Crippen molar-refractivity contribution in [1.82, 2.24) is 9.80 Å². The predicted octanol–water partition coefficient (Wildman–Crippen LogP) is 3.80. The first-order valence-electron chi connectivity index (χ1n) is 9.30. The number of nitrogens with zero attached hydrogens (tertiary/aromatic N) is 2. The summed E-state index contributed by atoms with van der Waals surface area (Å²) < 4.78 is 13.4. The third-order valence-electron chi connectivity index (χ3n) is 4.89. The maximum absolute atomic E-state index is 5.42. The van der Waals surface area contributed by atoms with Crippen molar-refractivity contribution in [3.8, 4) is 0 Å². The molecule has 0 aliphatic carbocycles. The van der Waals surface area contributed by atoms with Crippen molar-refractivity contribution in [1.29, 1.82) is 0 Å². The summed E-state index contributed by atoms with van der Waals surface area (Å²) >= 11 is 9.58. The molecule has 0 amide bonds. The van der Waals surface area contributed by atoms with E-state index in [1.165, 1.54) is 44.6 Å². The van der Waals surface area contributed by atoms with Gasteiger partial charge in [0.2, 0.25) is 0 Å². The molecule has 0 saturated carbocycles. The third-order valence-corrected chi connectivity index (χ3v) is 9.01. The molecule has 1 aromatic rings. The van der Waals surface area contributed by atoms with Gasteiger partial charge in [0, 0.05) is 44.9 Å². The molecule has 7 heteroatoms. The van der Waals surface area contributed by atoms with Crippen LogP contribution in [0.1, 0.15) is 22.6 Å². The normalized spacial score (nSPS) is 20.2. The molecule has 0 bridgehead atoms. The van der Waals surface area contributed by atoms with Crippen LogP contribution in [0.2, 0.25) is 0 Å². The van der Waals surface area contributed by atoms with Crippen molar-refractivity contribution in [3.63, 3.8) is 0 Å². The van der Waals surface area contributed by atoms with Crippen LogP contribution in [0.4, 0.5) is 0 Å². The van der Waals surface area contributed by atoms with E-state index in [1.54, 1.807) is 0 Å². The second kappa shape index (κ2) is 10.7. The van der Waals surface area contributed by atoms with E-state index in [4.69, 9.17) is 9.47 Å². The molecule has 0 aromatic carbocycles. The first-order valence-corrected chi connectivity index (χ1v) is 11.7. The molecular formula is C18H28Br2N2O2S. The zero-order valence-corrected chi connectivity index (χ0v) is 18.8. The standard InChI is InChI=1S/C18H28Br2N2O2S/c19-17-15(3-1-5-21-7-11-23-12-8-21)25-16(18(17)20)4-2-6-22-9-13-24-14-10-22/h1-14H2. The molecule has 142 valence electrons. The van der Waals surface area contributed by atoms with Crippen LogP contribution in [0.3, 0.4) is 0 Å². The molecule has 2 saturated heterocycles. The summed E-state index contributed by atoms with van der Waals surface area (Å²) in [5, 5.41) is 0. The highest BCUT2D eigenvalue weighted by Gasteiger charge is 2.16. The largest absolute Gasteiger partial charge is 0.379 e. The van der Waals surface area contributed by atoms with E-state index in [1.807, 2.05) is 11.3 Å². The Morgan fingerprint density at radius 3 is 1.52 bits per heavy atom. The fourth-order valence-corrected chi connectivity index (χ4v) is 6.18. The predicted molar refractivity (Wildman–Crippen MR) is 111 cm³/mol. The van der Waals surface area contributed by atoms with Crippen LogP contribution < -0.4 is 0 Å². The number of thiophene rings is 1. The number of halogens is 2. The van der Waals surface area contributed by atoms with Crippen LogP contribution in [-0.2, 0) is 22.3 Å². The van der Waals surface area contributed by atoms with Crippen molar-refractivity contribution < 1.29 is 9.47 Å². The van der Waals surface area contributed by atoms with Crippen LogP contribution in [0.5, 0.6) is 0 Å². The Hall–Kier alpha value is 0.500. The molecular weight excluding hydrogens is 468 g/mol. The van der Waals surface area contributed by atoms with Crippen LogP contribution in [-0.4, -0.2) is 75.5 Å². The van der Waals surface area contributed by atoms with Gasteiger partial charge in [-0.25, -0.2) is 0 Å². The van der Waals surface area contributed by atoms with Gasteiger partial charge < -0.3 is 9.47 Å². The van der Waals surface area contributed by atoms with E-state index in [0.717, 1.165) is 65.4 Å². The Balaban J connectivity index is 1.42. The summed E-state index contributed by atoms with van der Waals surface area (Å²) in [7, 11) is 0. The Labute approximate surface area is 172 Å². The van der Waals surface area contributed by atoms with Gasteiger partial charge >= 0.3 is 0 Å². The number of ether oxygens (including phenoxy) is 2. The topological polar surface area (TPSA) is 24.9 Å². The quantitative estimate of drug-likeness (QED) is 0.547. The summed E-state index contributed by atoms with van der Waals surface area (Å²) in [6, 6.07) is 0. The highest BCUT2D eigenvalue weighted by Crippen LogP contribution is 2.39. The average Bonchev–Trinajstić information content (AvgIpc) is 2.92. The minimum atomic E-state index is 0.890. The van der Waals surface area contributed by atoms with Gasteiger partial charge in [0.1, 0.15) is 0 Å². The lowest BCUT2D eigenvalue weighted by molar-refractivity contribution is 0.0374. The van der Waals surface area contributed by atoms with E-state index in [0.29, 0.717) is 0 Å². The highest BCUT2D eigenvalue weighted by molar-refractivity contribution is 9.13. The number of rotatable bonds is 8. The van der Waals surface area contributed by atoms with E-state index in [9.17, 15) is 0 Å². The third kappa shape index (κ3) is 6.26. The zero-order valence-electron chi connectivity index (χ0n) is 14.8. The lowest BCUT2D eigenvalue weighted by atomic mass is 10.2. The summed E-state index contributed by atoms with van der Waals surface area (Å²) in [6.45, 7) is 10.3. The molecule has 0 atom stereocenters. The number of hydrogen-bond donors (Lipinski definition) is 0.